The number of pyridine rings is 1. The maximum Gasteiger partial charge on any atom is 0.317 e. The van der Waals surface area contributed by atoms with Crippen LogP contribution in [0.2, 0.25) is 5.02 Å². The molecule has 7 nitrogen and oxygen atoms in total. The van der Waals surface area contributed by atoms with Gasteiger partial charge in [0.15, 0.2) is 0 Å². The van der Waals surface area contributed by atoms with Crippen LogP contribution in [-0.2, 0) is 0 Å². The summed E-state index contributed by atoms with van der Waals surface area (Å²) in [5.41, 5.74) is 1.81. The van der Waals surface area contributed by atoms with Gasteiger partial charge in [-0.15, -0.1) is 0 Å². The first kappa shape index (κ1) is 15.2. The van der Waals surface area contributed by atoms with E-state index in [1.165, 1.54) is 0 Å². The Morgan fingerprint density at radius 2 is 2.04 bits per heavy atom. The van der Waals surface area contributed by atoms with Crippen LogP contribution in [0.3, 0.4) is 0 Å². The lowest BCUT2D eigenvalue weighted by atomic mass is 10.1. The Balaban J connectivity index is 1.99. The Morgan fingerprint density at radius 3 is 2.75 bits per heavy atom. The third-order valence-electron chi connectivity index (χ3n) is 4.60. The molecule has 1 N–H and O–H groups in total. The predicted octanol–water partition coefficient (Wildman–Crippen LogP) is 3.03. The van der Waals surface area contributed by atoms with Crippen LogP contribution in [0.15, 0.2) is 24.5 Å². The number of likely N-dealkylation sites (N-methyl/N-ethyl adjacent to an activating group) is 1. The SMILES string of the molecule is CN1CCN(c2c(Cl)cc3c([nH]c4cnccc43)c2[N+](=O)[O-])CC1. The molecule has 0 unspecified atom stereocenters. The average Bonchev–Trinajstić information content (AvgIpc) is 2.92. The topological polar surface area (TPSA) is 78.3 Å². The van der Waals surface area contributed by atoms with Gasteiger partial charge in [-0.25, -0.2) is 0 Å². The fourth-order valence-electron chi connectivity index (χ4n) is 3.34. The van der Waals surface area contributed by atoms with Crippen molar-refractivity contribution in [1.29, 1.82) is 0 Å². The molecule has 124 valence electrons. The number of halogens is 1. The zero-order valence-corrected chi connectivity index (χ0v) is 13.9. The third-order valence-corrected chi connectivity index (χ3v) is 4.89. The number of anilines is 1. The highest BCUT2D eigenvalue weighted by atomic mass is 35.5. The number of benzene rings is 1. The highest BCUT2D eigenvalue weighted by Gasteiger charge is 2.29. The number of nitrogens with zero attached hydrogens (tertiary/aromatic N) is 4. The van der Waals surface area contributed by atoms with Gasteiger partial charge in [0.1, 0.15) is 11.2 Å². The standard InChI is InChI=1S/C16H16ClN5O2/c1-20-4-6-21(7-5-20)15-12(17)8-11-10-2-3-18-9-13(10)19-14(11)16(15)22(23)24/h2-3,8-9,19H,4-7H2,1H3. The molecule has 3 heterocycles. The van der Waals surface area contributed by atoms with Crippen molar-refractivity contribution in [3.63, 3.8) is 0 Å². The summed E-state index contributed by atoms with van der Waals surface area (Å²) < 4.78 is 0. The second kappa shape index (κ2) is 5.61. The van der Waals surface area contributed by atoms with Gasteiger partial charge in [-0.05, 0) is 19.2 Å². The highest BCUT2D eigenvalue weighted by molar-refractivity contribution is 6.36. The largest absolute Gasteiger partial charge is 0.362 e. The van der Waals surface area contributed by atoms with Crippen molar-refractivity contribution < 1.29 is 4.92 Å². The Morgan fingerprint density at radius 1 is 1.29 bits per heavy atom. The monoisotopic (exact) mass is 345 g/mol. The van der Waals surface area contributed by atoms with Gasteiger partial charge in [-0.1, -0.05) is 11.6 Å². The smallest absolute Gasteiger partial charge is 0.317 e. The van der Waals surface area contributed by atoms with E-state index >= 15 is 0 Å². The van der Waals surface area contributed by atoms with E-state index in [1.807, 2.05) is 24.1 Å². The normalized spacial score (nSPS) is 16.2. The van der Waals surface area contributed by atoms with Gasteiger partial charge in [0, 0.05) is 43.1 Å². The van der Waals surface area contributed by atoms with Crippen molar-refractivity contribution in [1.82, 2.24) is 14.9 Å². The van der Waals surface area contributed by atoms with Gasteiger partial charge in [0.05, 0.1) is 21.7 Å². The fraction of sp³-hybridized carbons (Fsp3) is 0.312. The molecule has 1 fully saturated rings. The quantitative estimate of drug-likeness (QED) is 0.570. The second-order valence-electron chi connectivity index (χ2n) is 6.07. The number of nitrogens with one attached hydrogen (secondary N) is 1. The van der Waals surface area contributed by atoms with Gasteiger partial charge in [-0.2, -0.15) is 0 Å². The number of fused-ring (bicyclic) bond motifs is 3. The molecule has 8 heteroatoms. The van der Waals surface area contributed by atoms with Crippen LogP contribution >= 0.6 is 11.6 Å². The van der Waals surface area contributed by atoms with Crippen LogP contribution in [0.1, 0.15) is 0 Å². The van der Waals surface area contributed by atoms with Gasteiger partial charge < -0.3 is 14.8 Å². The number of hydrogen-bond acceptors (Lipinski definition) is 5. The number of rotatable bonds is 2. The summed E-state index contributed by atoms with van der Waals surface area (Å²) in [6.45, 7) is 3.12. The van der Waals surface area contributed by atoms with E-state index in [1.54, 1.807) is 12.4 Å². The van der Waals surface area contributed by atoms with Crippen molar-refractivity contribution in [2.75, 3.05) is 38.1 Å². The molecule has 3 aromatic rings. The Kier molecular flexibility index (Phi) is 3.54. The Bertz CT molecular complexity index is 946. The number of nitro benzene ring substituents is 1. The van der Waals surface area contributed by atoms with E-state index in [0.29, 0.717) is 29.3 Å². The van der Waals surface area contributed by atoms with E-state index in [2.05, 4.69) is 14.9 Å². The molecule has 2 aromatic heterocycles. The molecule has 0 spiro atoms. The number of H-pyrrole nitrogens is 1. The van der Waals surface area contributed by atoms with Crippen molar-refractivity contribution >= 4 is 44.8 Å². The average molecular weight is 346 g/mol. The minimum atomic E-state index is -0.343. The summed E-state index contributed by atoms with van der Waals surface area (Å²) in [4.78, 5) is 22.9. The van der Waals surface area contributed by atoms with Crippen LogP contribution < -0.4 is 4.90 Å². The molecule has 1 aliphatic rings. The summed E-state index contributed by atoms with van der Waals surface area (Å²) in [7, 11) is 2.04. The molecular formula is C16H16ClN5O2. The van der Waals surface area contributed by atoms with Crippen LogP contribution in [0, 0.1) is 10.1 Å². The Hall–Kier alpha value is -2.38. The minimum Gasteiger partial charge on any atom is -0.362 e. The summed E-state index contributed by atoms with van der Waals surface area (Å²) in [6.07, 6.45) is 3.34. The van der Waals surface area contributed by atoms with E-state index in [9.17, 15) is 10.1 Å². The van der Waals surface area contributed by atoms with Gasteiger partial charge in [-0.3, -0.25) is 15.1 Å². The zero-order valence-electron chi connectivity index (χ0n) is 13.1. The van der Waals surface area contributed by atoms with Gasteiger partial charge >= 0.3 is 5.69 Å². The van der Waals surface area contributed by atoms with E-state index < -0.39 is 0 Å². The van der Waals surface area contributed by atoms with Crippen molar-refractivity contribution in [3.8, 4) is 0 Å². The number of piperazine rings is 1. The molecular weight excluding hydrogens is 330 g/mol. The molecule has 0 radical (unpaired) electrons. The number of nitro groups is 1. The molecule has 1 saturated heterocycles. The molecule has 24 heavy (non-hydrogen) atoms. The van der Waals surface area contributed by atoms with E-state index in [-0.39, 0.29) is 10.6 Å². The van der Waals surface area contributed by atoms with Crippen LogP contribution in [0.25, 0.3) is 21.8 Å². The maximum atomic E-state index is 11.8. The first-order valence-corrected chi connectivity index (χ1v) is 8.10. The summed E-state index contributed by atoms with van der Waals surface area (Å²) >= 11 is 6.49. The molecule has 0 bridgehead atoms. The predicted molar refractivity (Wildman–Crippen MR) is 95.0 cm³/mol. The molecule has 0 atom stereocenters. The van der Waals surface area contributed by atoms with E-state index in [4.69, 9.17) is 11.6 Å². The van der Waals surface area contributed by atoms with Crippen molar-refractivity contribution in [3.05, 3.63) is 39.7 Å². The lowest BCUT2D eigenvalue weighted by molar-refractivity contribution is -0.382. The lowest BCUT2D eigenvalue weighted by Gasteiger charge is -2.34. The Labute approximate surface area is 143 Å². The summed E-state index contributed by atoms with van der Waals surface area (Å²) in [5, 5.41) is 13.9. The zero-order chi connectivity index (χ0) is 16.8. The van der Waals surface area contributed by atoms with Crippen LogP contribution in [0.5, 0.6) is 0 Å². The van der Waals surface area contributed by atoms with Gasteiger partial charge in [0.2, 0.25) is 0 Å². The number of aromatic nitrogens is 2. The fourth-order valence-corrected chi connectivity index (χ4v) is 3.66. The van der Waals surface area contributed by atoms with Crippen molar-refractivity contribution in [2.24, 2.45) is 0 Å². The third kappa shape index (κ3) is 2.28. The maximum absolute atomic E-state index is 11.8. The minimum absolute atomic E-state index is 0.0400. The summed E-state index contributed by atoms with van der Waals surface area (Å²) in [6, 6.07) is 3.65. The highest BCUT2D eigenvalue weighted by Crippen LogP contribution is 2.43. The molecule has 1 aromatic carbocycles. The molecule has 0 saturated carbocycles. The van der Waals surface area contributed by atoms with Crippen LogP contribution in [-0.4, -0.2) is 53.0 Å². The van der Waals surface area contributed by atoms with Crippen LogP contribution in [0.4, 0.5) is 11.4 Å². The first-order chi connectivity index (χ1) is 11.6. The molecule has 4 rings (SSSR count). The van der Waals surface area contributed by atoms with Crippen molar-refractivity contribution in [2.45, 2.75) is 0 Å². The van der Waals surface area contributed by atoms with E-state index in [0.717, 1.165) is 29.4 Å². The molecule has 1 aliphatic heterocycles. The number of hydrogen-bond donors (Lipinski definition) is 1. The molecule has 0 amide bonds. The molecule has 0 aliphatic carbocycles. The van der Waals surface area contributed by atoms with Gasteiger partial charge in [0.25, 0.3) is 0 Å². The summed E-state index contributed by atoms with van der Waals surface area (Å²) in [5.74, 6) is 0. The number of aromatic amines is 1. The lowest BCUT2D eigenvalue weighted by Crippen LogP contribution is -2.44. The first-order valence-electron chi connectivity index (χ1n) is 7.72. The second-order valence-corrected chi connectivity index (χ2v) is 6.48.